The van der Waals surface area contributed by atoms with Crippen molar-refractivity contribution in [3.05, 3.63) is 42.5 Å². The van der Waals surface area contributed by atoms with Crippen molar-refractivity contribution in [3.63, 3.8) is 0 Å². The first-order valence-electron chi connectivity index (χ1n) is 8.81. The van der Waals surface area contributed by atoms with Gasteiger partial charge in [-0.05, 0) is 42.5 Å². The number of thiazole rings is 1. The Balaban J connectivity index is 1.36. The molecule has 0 aliphatic carbocycles. The lowest BCUT2D eigenvalue weighted by molar-refractivity contribution is -0.120. The monoisotopic (exact) mass is 382 g/mol. The Morgan fingerprint density at radius 2 is 1.96 bits per heavy atom. The molecule has 0 spiro atoms. The fourth-order valence-corrected chi connectivity index (χ4v) is 4.06. The van der Waals surface area contributed by atoms with Crippen molar-refractivity contribution in [3.8, 4) is 5.75 Å². The summed E-state index contributed by atoms with van der Waals surface area (Å²) in [5.41, 5.74) is 2.90. The number of anilines is 3. The Morgan fingerprint density at radius 1 is 1.22 bits per heavy atom. The van der Waals surface area contributed by atoms with Crippen molar-refractivity contribution in [2.45, 2.75) is 0 Å². The van der Waals surface area contributed by atoms with Crippen LogP contribution in [0.4, 0.5) is 16.5 Å². The van der Waals surface area contributed by atoms with Gasteiger partial charge in [-0.15, -0.1) is 0 Å². The first kappa shape index (κ1) is 17.6. The molecule has 1 fully saturated rings. The average molecular weight is 382 g/mol. The second-order valence-corrected chi connectivity index (χ2v) is 7.87. The summed E-state index contributed by atoms with van der Waals surface area (Å²) < 4.78 is 6.36. The summed E-state index contributed by atoms with van der Waals surface area (Å²) in [7, 11) is 5.65. The third-order valence-corrected chi connectivity index (χ3v) is 5.84. The van der Waals surface area contributed by atoms with Gasteiger partial charge in [-0.25, -0.2) is 4.98 Å². The van der Waals surface area contributed by atoms with Crippen molar-refractivity contribution in [2.24, 2.45) is 5.92 Å². The number of nitrogens with one attached hydrogen (secondary N) is 1. The van der Waals surface area contributed by atoms with Crippen LogP contribution >= 0.6 is 11.3 Å². The van der Waals surface area contributed by atoms with Gasteiger partial charge in [0.25, 0.3) is 0 Å². The quantitative estimate of drug-likeness (QED) is 0.732. The molecular formula is C20H22N4O2S. The lowest BCUT2D eigenvalue weighted by Gasteiger charge is -2.37. The average Bonchev–Trinajstić information content (AvgIpc) is 3.03. The van der Waals surface area contributed by atoms with Crippen LogP contribution in [0.3, 0.4) is 0 Å². The molecule has 1 amide bonds. The number of methoxy groups -OCH3 is 1. The second kappa shape index (κ2) is 7.08. The lowest BCUT2D eigenvalue weighted by atomic mass is 10.00. The highest BCUT2D eigenvalue weighted by Gasteiger charge is 2.34. The fraction of sp³-hybridized carbons (Fsp3) is 0.300. The van der Waals surface area contributed by atoms with Crippen LogP contribution in [0.25, 0.3) is 10.2 Å². The van der Waals surface area contributed by atoms with E-state index in [4.69, 9.17) is 4.74 Å². The SMILES string of the molecule is COc1ccc2nc(N3CC(C(=O)Nc4ccc(N(C)C)cc4)C3)sc2c1. The summed E-state index contributed by atoms with van der Waals surface area (Å²) >= 11 is 1.63. The van der Waals surface area contributed by atoms with E-state index in [0.717, 1.165) is 32.5 Å². The van der Waals surface area contributed by atoms with Crippen molar-refractivity contribution in [1.29, 1.82) is 0 Å². The van der Waals surface area contributed by atoms with Crippen molar-refractivity contribution in [1.82, 2.24) is 4.98 Å². The molecule has 140 valence electrons. The molecule has 27 heavy (non-hydrogen) atoms. The van der Waals surface area contributed by atoms with Crippen LogP contribution in [-0.4, -0.2) is 45.2 Å². The Labute approximate surface area is 162 Å². The highest BCUT2D eigenvalue weighted by atomic mass is 32.1. The van der Waals surface area contributed by atoms with E-state index in [9.17, 15) is 4.79 Å². The number of hydrogen-bond acceptors (Lipinski definition) is 6. The van der Waals surface area contributed by atoms with E-state index in [-0.39, 0.29) is 11.8 Å². The zero-order chi connectivity index (χ0) is 19.0. The summed E-state index contributed by atoms with van der Waals surface area (Å²) in [5.74, 6) is 0.880. The van der Waals surface area contributed by atoms with Crippen molar-refractivity contribution in [2.75, 3.05) is 49.4 Å². The predicted molar refractivity (Wildman–Crippen MR) is 111 cm³/mol. The Morgan fingerprint density at radius 3 is 2.63 bits per heavy atom. The minimum Gasteiger partial charge on any atom is -0.497 e. The molecule has 3 aromatic rings. The van der Waals surface area contributed by atoms with Crippen LogP contribution in [0.1, 0.15) is 0 Å². The molecule has 7 heteroatoms. The molecular weight excluding hydrogens is 360 g/mol. The van der Waals surface area contributed by atoms with E-state index < -0.39 is 0 Å². The van der Waals surface area contributed by atoms with Crippen LogP contribution in [0.15, 0.2) is 42.5 Å². The number of carbonyl (C=O) groups excluding carboxylic acids is 1. The Kier molecular flexibility index (Phi) is 4.61. The molecule has 0 radical (unpaired) electrons. The van der Waals surface area contributed by atoms with Crippen molar-refractivity contribution >= 4 is 44.0 Å². The number of nitrogens with zero attached hydrogens (tertiary/aromatic N) is 3. The summed E-state index contributed by atoms with van der Waals surface area (Å²) in [4.78, 5) is 21.3. The maximum absolute atomic E-state index is 12.5. The first-order chi connectivity index (χ1) is 13.0. The molecule has 6 nitrogen and oxygen atoms in total. The van der Waals surface area contributed by atoms with Gasteiger partial charge in [-0.1, -0.05) is 11.3 Å². The zero-order valence-electron chi connectivity index (χ0n) is 15.6. The molecule has 4 rings (SSSR count). The largest absolute Gasteiger partial charge is 0.497 e. The van der Waals surface area contributed by atoms with Gasteiger partial charge in [0.05, 0.1) is 23.2 Å². The Hall–Kier alpha value is -2.80. The van der Waals surface area contributed by atoms with Gasteiger partial charge in [0.2, 0.25) is 5.91 Å². The van der Waals surface area contributed by atoms with E-state index in [1.54, 1.807) is 18.4 Å². The third-order valence-electron chi connectivity index (χ3n) is 4.76. The molecule has 2 aromatic carbocycles. The molecule has 0 atom stereocenters. The minimum absolute atomic E-state index is 0.0138. The van der Waals surface area contributed by atoms with Gasteiger partial charge in [-0.2, -0.15) is 0 Å². The summed E-state index contributed by atoms with van der Waals surface area (Å²) in [6.45, 7) is 1.39. The van der Waals surface area contributed by atoms with Crippen LogP contribution in [0, 0.1) is 5.92 Å². The third kappa shape index (κ3) is 3.55. The number of benzene rings is 2. The fourth-order valence-electron chi connectivity index (χ4n) is 3.04. The van der Waals surface area contributed by atoms with Gasteiger partial charge in [0, 0.05) is 38.6 Å². The van der Waals surface area contributed by atoms with E-state index in [0.29, 0.717) is 13.1 Å². The molecule has 1 aliphatic rings. The van der Waals surface area contributed by atoms with Gasteiger partial charge in [0.1, 0.15) is 5.75 Å². The van der Waals surface area contributed by atoms with Crippen LogP contribution < -0.4 is 19.9 Å². The Bertz CT molecular complexity index is 962. The van der Waals surface area contributed by atoms with Crippen LogP contribution in [-0.2, 0) is 4.79 Å². The molecule has 0 unspecified atom stereocenters. The molecule has 2 heterocycles. The highest BCUT2D eigenvalue weighted by molar-refractivity contribution is 7.22. The number of hydrogen-bond donors (Lipinski definition) is 1. The van der Waals surface area contributed by atoms with Crippen molar-refractivity contribution < 1.29 is 9.53 Å². The second-order valence-electron chi connectivity index (χ2n) is 6.86. The zero-order valence-corrected chi connectivity index (χ0v) is 16.4. The molecule has 1 N–H and O–H groups in total. The number of fused-ring (bicyclic) bond motifs is 1. The highest BCUT2D eigenvalue weighted by Crippen LogP contribution is 2.34. The maximum atomic E-state index is 12.5. The van der Waals surface area contributed by atoms with Crippen LogP contribution in [0.5, 0.6) is 5.75 Å². The van der Waals surface area contributed by atoms with Gasteiger partial charge in [0.15, 0.2) is 5.13 Å². The van der Waals surface area contributed by atoms with E-state index in [1.807, 2.05) is 61.5 Å². The van der Waals surface area contributed by atoms with Gasteiger partial charge in [-0.3, -0.25) is 4.79 Å². The number of ether oxygens (including phenoxy) is 1. The summed E-state index contributed by atoms with van der Waals surface area (Å²) in [6.07, 6.45) is 0. The first-order valence-corrected chi connectivity index (χ1v) is 9.63. The predicted octanol–water partition coefficient (Wildman–Crippen LogP) is 3.45. The van der Waals surface area contributed by atoms with Crippen LogP contribution in [0.2, 0.25) is 0 Å². The van der Waals surface area contributed by atoms with Gasteiger partial charge >= 0.3 is 0 Å². The number of rotatable bonds is 5. The summed E-state index contributed by atoms with van der Waals surface area (Å²) in [5, 5.41) is 3.96. The van der Waals surface area contributed by atoms with Gasteiger partial charge < -0.3 is 19.9 Å². The molecule has 1 aliphatic heterocycles. The minimum atomic E-state index is -0.0138. The normalized spacial score (nSPS) is 14.1. The number of aromatic nitrogens is 1. The molecule has 0 bridgehead atoms. The van der Waals surface area contributed by atoms with E-state index in [1.165, 1.54) is 0 Å². The standard InChI is InChI=1S/C20H22N4O2S/c1-23(2)15-6-4-14(5-7-15)21-19(25)13-11-24(12-13)20-22-17-9-8-16(26-3)10-18(17)27-20/h4-10,13H,11-12H2,1-3H3,(H,21,25). The molecule has 0 saturated carbocycles. The number of carbonyl (C=O) groups is 1. The molecule has 1 aromatic heterocycles. The maximum Gasteiger partial charge on any atom is 0.231 e. The topological polar surface area (TPSA) is 57.7 Å². The molecule has 1 saturated heterocycles. The van der Waals surface area contributed by atoms with E-state index >= 15 is 0 Å². The summed E-state index contributed by atoms with van der Waals surface area (Å²) in [6, 6.07) is 13.7. The lowest BCUT2D eigenvalue weighted by Crippen LogP contribution is -2.52. The number of amides is 1. The smallest absolute Gasteiger partial charge is 0.231 e. The van der Waals surface area contributed by atoms with E-state index in [2.05, 4.69) is 15.2 Å².